The van der Waals surface area contributed by atoms with Gasteiger partial charge in [-0.1, -0.05) is 36.4 Å². The minimum absolute atomic E-state index is 0.0314. The van der Waals surface area contributed by atoms with Gasteiger partial charge in [0.1, 0.15) is 5.75 Å². The van der Waals surface area contributed by atoms with Gasteiger partial charge in [0.2, 0.25) is 5.91 Å². The molecule has 26 heavy (non-hydrogen) atoms. The van der Waals surface area contributed by atoms with Crippen LogP contribution in [0.15, 0.2) is 48.5 Å². The fourth-order valence-corrected chi connectivity index (χ4v) is 3.78. The first-order valence-electron chi connectivity index (χ1n) is 9.07. The zero-order valence-corrected chi connectivity index (χ0v) is 14.8. The van der Waals surface area contributed by atoms with Crippen LogP contribution in [-0.2, 0) is 16.0 Å². The molecular weight excluding hydrogens is 328 g/mol. The smallest absolute Gasteiger partial charge is 0.267 e. The Labute approximate surface area is 153 Å². The van der Waals surface area contributed by atoms with Crippen molar-refractivity contribution in [2.45, 2.75) is 38.3 Å². The number of hydrogen-bond donors (Lipinski definition) is 1. The Hall–Kier alpha value is -2.82. The van der Waals surface area contributed by atoms with Crippen LogP contribution >= 0.6 is 0 Å². The Balaban J connectivity index is 1.41. The summed E-state index contributed by atoms with van der Waals surface area (Å²) in [5, 5.41) is 3.12. The summed E-state index contributed by atoms with van der Waals surface area (Å²) in [4.78, 5) is 26.6. The SMILES string of the molecule is CC1Oc2ccccc2N(CCC(=O)NC2CCc3ccccc32)C1=O. The van der Waals surface area contributed by atoms with Gasteiger partial charge in [-0.15, -0.1) is 0 Å². The summed E-state index contributed by atoms with van der Waals surface area (Å²) in [6.07, 6.45) is 1.66. The van der Waals surface area contributed by atoms with Gasteiger partial charge < -0.3 is 15.0 Å². The van der Waals surface area contributed by atoms with Crippen LogP contribution in [0.5, 0.6) is 5.75 Å². The van der Waals surface area contributed by atoms with Crippen molar-refractivity contribution in [3.05, 3.63) is 59.7 Å². The fourth-order valence-electron chi connectivity index (χ4n) is 3.78. The van der Waals surface area contributed by atoms with Crippen LogP contribution in [0.25, 0.3) is 0 Å². The van der Waals surface area contributed by atoms with Crippen LogP contribution in [0.4, 0.5) is 5.69 Å². The topological polar surface area (TPSA) is 58.6 Å². The van der Waals surface area contributed by atoms with Crippen molar-refractivity contribution in [2.24, 2.45) is 0 Å². The van der Waals surface area contributed by atoms with E-state index < -0.39 is 6.10 Å². The number of hydrogen-bond acceptors (Lipinski definition) is 3. The van der Waals surface area contributed by atoms with E-state index in [1.54, 1.807) is 11.8 Å². The van der Waals surface area contributed by atoms with Crippen molar-refractivity contribution in [3.63, 3.8) is 0 Å². The monoisotopic (exact) mass is 350 g/mol. The minimum Gasteiger partial charge on any atom is -0.479 e. The van der Waals surface area contributed by atoms with E-state index >= 15 is 0 Å². The van der Waals surface area contributed by atoms with Crippen molar-refractivity contribution in [1.82, 2.24) is 5.32 Å². The Morgan fingerprint density at radius 2 is 1.96 bits per heavy atom. The predicted octanol–water partition coefficient (Wildman–Crippen LogP) is 2.99. The lowest BCUT2D eigenvalue weighted by Gasteiger charge is -2.32. The number of ether oxygens (including phenoxy) is 1. The highest BCUT2D eigenvalue weighted by Gasteiger charge is 2.31. The second kappa shape index (κ2) is 6.83. The molecule has 2 unspecified atom stereocenters. The van der Waals surface area contributed by atoms with E-state index in [0.717, 1.165) is 18.5 Å². The van der Waals surface area contributed by atoms with Crippen molar-refractivity contribution < 1.29 is 14.3 Å². The summed E-state index contributed by atoms with van der Waals surface area (Å²) in [5.74, 6) is 0.545. The molecular formula is C21H22N2O3. The Bertz CT molecular complexity index is 849. The number of nitrogens with zero attached hydrogens (tertiary/aromatic N) is 1. The van der Waals surface area contributed by atoms with Gasteiger partial charge in [0.05, 0.1) is 11.7 Å². The zero-order valence-electron chi connectivity index (χ0n) is 14.8. The van der Waals surface area contributed by atoms with Gasteiger partial charge in [0.25, 0.3) is 5.91 Å². The average molecular weight is 350 g/mol. The lowest BCUT2D eigenvalue weighted by Crippen LogP contribution is -2.45. The highest BCUT2D eigenvalue weighted by atomic mass is 16.5. The van der Waals surface area contributed by atoms with Crippen LogP contribution in [0, 0.1) is 0 Å². The molecule has 1 N–H and O–H groups in total. The number of carbonyl (C=O) groups excluding carboxylic acids is 2. The highest BCUT2D eigenvalue weighted by Crippen LogP contribution is 2.34. The molecule has 0 spiro atoms. The van der Waals surface area contributed by atoms with Gasteiger partial charge >= 0.3 is 0 Å². The Morgan fingerprint density at radius 1 is 1.19 bits per heavy atom. The molecule has 1 heterocycles. The van der Waals surface area contributed by atoms with E-state index in [2.05, 4.69) is 17.4 Å². The maximum atomic E-state index is 12.5. The molecule has 4 rings (SSSR count). The van der Waals surface area contributed by atoms with Crippen LogP contribution in [0.3, 0.4) is 0 Å². The number of rotatable bonds is 4. The van der Waals surface area contributed by atoms with Crippen molar-refractivity contribution in [1.29, 1.82) is 0 Å². The van der Waals surface area contributed by atoms with Crippen molar-refractivity contribution >= 4 is 17.5 Å². The molecule has 5 heteroatoms. The molecule has 2 aromatic rings. The molecule has 0 fully saturated rings. The molecule has 2 atom stereocenters. The second-order valence-corrected chi connectivity index (χ2v) is 6.83. The maximum absolute atomic E-state index is 12.5. The van der Waals surface area contributed by atoms with Crippen LogP contribution in [-0.4, -0.2) is 24.5 Å². The molecule has 134 valence electrons. The summed E-state index contributed by atoms with van der Waals surface area (Å²) in [6.45, 7) is 2.09. The van der Waals surface area contributed by atoms with Crippen LogP contribution in [0.2, 0.25) is 0 Å². The first-order chi connectivity index (χ1) is 12.6. The second-order valence-electron chi connectivity index (χ2n) is 6.83. The third-order valence-corrected chi connectivity index (χ3v) is 5.10. The number of anilines is 1. The summed E-state index contributed by atoms with van der Waals surface area (Å²) < 4.78 is 5.64. The predicted molar refractivity (Wildman–Crippen MR) is 99.1 cm³/mol. The molecule has 1 aliphatic carbocycles. The first-order valence-corrected chi connectivity index (χ1v) is 9.07. The van der Waals surface area contributed by atoms with Crippen molar-refractivity contribution in [2.75, 3.05) is 11.4 Å². The minimum atomic E-state index is -0.533. The number of aryl methyl sites for hydroxylation is 1. The molecule has 2 aliphatic rings. The molecule has 0 radical (unpaired) electrons. The van der Waals surface area contributed by atoms with E-state index in [-0.39, 0.29) is 24.3 Å². The van der Waals surface area contributed by atoms with E-state index in [1.807, 2.05) is 36.4 Å². The van der Waals surface area contributed by atoms with Crippen LogP contribution in [0.1, 0.15) is 36.9 Å². The number of nitrogens with one attached hydrogen (secondary N) is 1. The number of carbonyl (C=O) groups is 2. The number of fused-ring (bicyclic) bond motifs is 2. The molecule has 0 saturated carbocycles. The number of benzene rings is 2. The molecule has 1 aliphatic heterocycles. The normalized spacial score (nSPS) is 21.0. The first kappa shape index (κ1) is 16.6. The standard InChI is InChI=1S/C21H22N2O3/c1-14-21(25)23(18-8-4-5-9-19(18)26-14)13-12-20(24)22-17-11-10-15-6-2-3-7-16(15)17/h2-9,14,17H,10-13H2,1H3,(H,22,24). The largest absolute Gasteiger partial charge is 0.479 e. The van der Waals surface area contributed by atoms with Gasteiger partial charge in [-0.25, -0.2) is 0 Å². The van der Waals surface area contributed by atoms with Crippen molar-refractivity contribution in [3.8, 4) is 5.75 Å². The van der Waals surface area contributed by atoms with Crippen LogP contribution < -0.4 is 15.0 Å². The molecule has 0 bridgehead atoms. The summed E-state index contributed by atoms with van der Waals surface area (Å²) in [6, 6.07) is 15.8. The molecule has 2 aromatic carbocycles. The Morgan fingerprint density at radius 3 is 2.85 bits per heavy atom. The summed E-state index contributed by atoms with van der Waals surface area (Å²) >= 11 is 0. The number of amides is 2. The lowest BCUT2D eigenvalue weighted by molar-refractivity contribution is -0.125. The van der Waals surface area contributed by atoms with E-state index in [4.69, 9.17) is 4.74 Å². The fraction of sp³-hybridized carbons (Fsp3) is 0.333. The highest BCUT2D eigenvalue weighted by molar-refractivity contribution is 6.00. The molecule has 0 aromatic heterocycles. The van der Waals surface area contributed by atoms with Gasteiger partial charge in [-0.05, 0) is 43.0 Å². The zero-order chi connectivity index (χ0) is 18.1. The average Bonchev–Trinajstić information content (AvgIpc) is 3.05. The number of para-hydroxylation sites is 2. The van der Waals surface area contributed by atoms with Gasteiger partial charge in [-0.3, -0.25) is 9.59 Å². The lowest BCUT2D eigenvalue weighted by atomic mass is 10.1. The molecule has 2 amide bonds. The maximum Gasteiger partial charge on any atom is 0.267 e. The summed E-state index contributed by atoms with van der Waals surface area (Å²) in [7, 11) is 0. The molecule has 5 nitrogen and oxygen atoms in total. The van der Waals surface area contributed by atoms with E-state index in [1.165, 1.54) is 11.1 Å². The Kier molecular flexibility index (Phi) is 4.37. The van der Waals surface area contributed by atoms with E-state index in [0.29, 0.717) is 12.3 Å². The van der Waals surface area contributed by atoms with Gasteiger partial charge in [0.15, 0.2) is 6.10 Å². The quantitative estimate of drug-likeness (QED) is 0.922. The molecule has 0 saturated heterocycles. The third kappa shape index (κ3) is 3.05. The van der Waals surface area contributed by atoms with Gasteiger partial charge in [-0.2, -0.15) is 0 Å². The third-order valence-electron chi connectivity index (χ3n) is 5.10. The van der Waals surface area contributed by atoms with Gasteiger partial charge in [0, 0.05) is 13.0 Å². The van der Waals surface area contributed by atoms with E-state index in [9.17, 15) is 9.59 Å². The summed E-state index contributed by atoms with van der Waals surface area (Å²) in [5.41, 5.74) is 3.25.